The number of nitrogens with zero attached hydrogens (tertiary/aromatic N) is 1. The van der Waals surface area contributed by atoms with Gasteiger partial charge >= 0.3 is 18.0 Å². The van der Waals surface area contributed by atoms with Crippen molar-refractivity contribution in [3.8, 4) is 0 Å². The Morgan fingerprint density at radius 2 is 1.80 bits per heavy atom. The fourth-order valence-electron chi connectivity index (χ4n) is 1.33. The van der Waals surface area contributed by atoms with Crippen molar-refractivity contribution in [1.29, 1.82) is 0 Å². The molecule has 1 unspecified atom stereocenters. The van der Waals surface area contributed by atoms with Gasteiger partial charge in [0.2, 0.25) is 0 Å². The molecule has 0 rings (SSSR count). The minimum absolute atomic E-state index is 0.377. The van der Waals surface area contributed by atoms with Crippen molar-refractivity contribution in [2.24, 2.45) is 0 Å². The molecule has 0 radical (unpaired) electrons. The van der Waals surface area contributed by atoms with Gasteiger partial charge in [-0.25, -0.2) is 18.4 Å². The average Bonchev–Trinajstić information content (AvgIpc) is 2.32. The number of aliphatic hydroxyl groups is 1. The van der Waals surface area contributed by atoms with Crippen molar-refractivity contribution in [3.63, 3.8) is 0 Å². The summed E-state index contributed by atoms with van der Waals surface area (Å²) in [7, 11) is 0. The molecule has 0 saturated heterocycles. The minimum Gasteiger partial charge on any atom is -0.481 e. The molecule has 0 aromatic carbocycles. The van der Waals surface area contributed by atoms with Gasteiger partial charge in [0.05, 0.1) is 13.2 Å². The molecular weight excluding hydrogens is 282 g/mol. The van der Waals surface area contributed by atoms with E-state index in [2.05, 4.69) is 0 Å². The number of urea groups is 1. The minimum atomic E-state index is -2.84. The van der Waals surface area contributed by atoms with E-state index >= 15 is 0 Å². The first-order chi connectivity index (χ1) is 9.27. The molecule has 0 aromatic rings. The summed E-state index contributed by atoms with van der Waals surface area (Å²) in [5, 5.41) is 27.8. The Hall–Kier alpha value is -1.97. The number of hydrogen-bond acceptors (Lipinski definition) is 4. The van der Waals surface area contributed by atoms with Crippen LogP contribution in [0.3, 0.4) is 0 Å². The number of rotatable bonds is 9. The van der Waals surface area contributed by atoms with Crippen LogP contribution in [0, 0.1) is 0 Å². The number of aliphatic hydroxyl groups excluding tert-OH is 1. The Labute approximate surface area is 113 Å². The number of aliphatic carboxylic acids is 2. The van der Waals surface area contributed by atoms with Gasteiger partial charge in [-0.05, 0) is 6.42 Å². The zero-order valence-electron chi connectivity index (χ0n) is 10.5. The van der Waals surface area contributed by atoms with Crippen LogP contribution in [0.25, 0.3) is 0 Å². The highest BCUT2D eigenvalue weighted by Gasteiger charge is 2.25. The first kappa shape index (κ1) is 18.0. The maximum absolute atomic E-state index is 12.2. The van der Waals surface area contributed by atoms with Crippen LogP contribution in [0.1, 0.15) is 12.8 Å². The number of alkyl halides is 2. The fraction of sp³-hybridized carbons (Fsp3) is 0.700. The summed E-state index contributed by atoms with van der Waals surface area (Å²) in [6.45, 7) is -1.91. The van der Waals surface area contributed by atoms with Crippen molar-refractivity contribution >= 4 is 18.0 Å². The van der Waals surface area contributed by atoms with E-state index in [0.29, 0.717) is 4.90 Å². The lowest BCUT2D eigenvalue weighted by Crippen LogP contribution is -2.50. The van der Waals surface area contributed by atoms with E-state index in [-0.39, 0.29) is 13.0 Å². The molecule has 0 fully saturated rings. The number of carboxylic acids is 2. The van der Waals surface area contributed by atoms with Crippen molar-refractivity contribution in [2.75, 3.05) is 19.7 Å². The van der Waals surface area contributed by atoms with Crippen LogP contribution in [-0.4, -0.2) is 70.4 Å². The van der Waals surface area contributed by atoms with Gasteiger partial charge in [-0.15, -0.1) is 0 Å². The summed E-state index contributed by atoms with van der Waals surface area (Å²) in [5.41, 5.74) is 0. The normalized spacial score (nSPS) is 12.0. The smallest absolute Gasteiger partial charge is 0.326 e. The third kappa shape index (κ3) is 7.46. The Balaban J connectivity index is 4.60. The number of carbonyl (C=O) groups is 3. The Morgan fingerprint density at radius 3 is 2.20 bits per heavy atom. The number of hydrogen-bond donors (Lipinski definition) is 4. The van der Waals surface area contributed by atoms with Gasteiger partial charge in [0, 0.05) is 13.0 Å². The van der Waals surface area contributed by atoms with Gasteiger partial charge in [0.1, 0.15) is 6.04 Å². The number of carbonyl (C=O) groups excluding carboxylic acids is 1. The van der Waals surface area contributed by atoms with E-state index in [1.54, 1.807) is 0 Å². The second kappa shape index (κ2) is 9.02. The van der Waals surface area contributed by atoms with Crippen molar-refractivity contribution in [3.05, 3.63) is 0 Å². The van der Waals surface area contributed by atoms with Crippen LogP contribution in [0.2, 0.25) is 0 Å². The highest BCUT2D eigenvalue weighted by molar-refractivity contribution is 5.83. The molecule has 10 heteroatoms. The lowest BCUT2D eigenvalue weighted by molar-refractivity contribution is -0.140. The van der Waals surface area contributed by atoms with E-state index < -0.39 is 50.0 Å². The van der Waals surface area contributed by atoms with Gasteiger partial charge in [0.25, 0.3) is 6.43 Å². The molecule has 20 heavy (non-hydrogen) atoms. The predicted molar refractivity (Wildman–Crippen MR) is 61.5 cm³/mol. The monoisotopic (exact) mass is 298 g/mol. The van der Waals surface area contributed by atoms with Crippen LogP contribution in [0.4, 0.5) is 13.6 Å². The summed E-state index contributed by atoms with van der Waals surface area (Å²) in [6, 6.07) is -2.60. The Kier molecular flexibility index (Phi) is 8.13. The molecular formula is C10H16F2N2O6. The van der Waals surface area contributed by atoms with E-state index in [9.17, 15) is 23.2 Å². The highest BCUT2D eigenvalue weighted by Crippen LogP contribution is 2.02. The molecule has 0 aliphatic rings. The summed E-state index contributed by atoms with van der Waals surface area (Å²) < 4.78 is 24.4. The number of nitrogens with one attached hydrogen (secondary N) is 1. The van der Waals surface area contributed by atoms with Crippen molar-refractivity contribution in [1.82, 2.24) is 10.2 Å². The van der Waals surface area contributed by atoms with Crippen LogP contribution in [-0.2, 0) is 9.59 Å². The van der Waals surface area contributed by atoms with Crippen molar-refractivity contribution in [2.45, 2.75) is 25.3 Å². The molecule has 0 spiro atoms. The average molecular weight is 298 g/mol. The Bertz CT molecular complexity index is 353. The molecule has 0 bridgehead atoms. The summed E-state index contributed by atoms with van der Waals surface area (Å²) in [6.07, 6.45) is -3.71. The first-order valence-electron chi connectivity index (χ1n) is 5.67. The second-order valence-electron chi connectivity index (χ2n) is 3.83. The molecule has 2 amide bonds. The molecule has 0 aliphatic heterocycles. The third-order valence-electron chi connectivity index (χ3n) is 2.26. The van der Waals surface area contributed by atoms with Gasteiger partial charge in [-0.3, -0.25) is 4.79 Å². The van der Waals surface area contributed by atoms with Gasteiger partial charge in [-0.1, -0.05) is 0 Å². The standard InChI is InChI=1S/C10H16F2N2O6/c11-7(12)5-14(3-4-15)10(20)13-6(9(18)19)1-2-8(16)17/h6-7,15H,1-5H2,(H,13,20)(H,16,17)(H,18,19). The lowest BCUT2D eigenvalue weighted by Gasteiger charge is -2.24. The van der Waals surface area contributed by atoms with E-state index in [1.165, 1.54) is 0 Å². The summed E-state index contributed by atoms with van der Waals surface area (Å²) in [5.74, 6) is -2.72. The number of halogens is 2. The molecule has 0 heterocycles. The predicted octanol–water partition coefficient (Wildman–Crippen LogP) is -0.427. The van der Waals surface area contributed by atoms with E-state index in [0.717, 1.165) is 0 Å². The zero-order chi connectivity index (χ0) is 15.7. The Morgan fingerprint density at radius 1 is 1.20 bits per heavy atom. The zero-order valence-corrected chi connectivity index (χ0v) is 10.5. The van der Waals surface area contributed by atoms with Gasteiger partial charge in [0.15, 0.2) is 0 Å². The molecule has 0 aromatic heterocycles. The van der Waals surface area contributed by atoms with Crippen LogP contribution in [0.5, 0.6) is 0 Å². The van der Waals surface area contributed by atoms with Gasteiger partial charge in [-0.2, -0.15) is 0 Å². The fourth-order valence-corrected chi connectivity index (χ4v) is 1.33. The van der Waals surface area contributed by atoms with Crippen LogP contribution in [0.15, 0.2) is 0 Å². The summed E-state index contributed by atoms with van der Waals surface area (Å²) in [4.78, 5) is 33.3. The number of amides is 2. The quantitative estimate of drug-likeness (QED) is 0.457. The summed E-state index contributed by atoms with van der Waals surface area (Å²) >= 11 is 0. The SMILES string of the molecule is O=C(O)CCC(NC(=O)N(CCO)CC(F)F)C(=O)O. The van der Waals surface area contributed by atoms with Crippen LogP contribution >= 0.6 is 0 Å². The third-order valence-corrected chi connectivity index (χ3v) is 2.26. The molecule has 1 atom stereocenters. The highest BCUT2D eigenvalue weighted by atomic mass is 19.3. The van der Waals surface area contributed by atoms with E-state index in [1.807, 2.05) is 5.32 Å². The maximum Gasteiger partial charge on any atom is 0.326 e. The molecule has 8 nitrogen and oxygen atoms in total. The largest absolute Gasteiger partial charge is 0.481 e. The topological polar surface area (TPSA) is 127 Å². The van der Waals surface area contributed by atoms with Gasteiger partial charge < -0.3 is 25.5 Å². The molecule has 116 valence electrons. The lowest BCUT2D eigenvalue weighted by atomic mass is 10.1. The van der Waals surface area contributed by atoms with E-state index in [4.69, 9.17) is 15.3 Å². The maximum atomic E-state index is 12.2. The second-order valence-corrected chi connectivity index (χ2v) is 3.83. The number of carboxylic acid groups (broad SMARTS) is 2. The van der Waals surface area contributed by atoms with Crippen molar-refractivity contribution < 1.29 is 38.5 Å². The first-order valence-corrected chi connectivity index (χ1v) is 5.67. The molecule has 4 N–H and O–H groups in total. The van der Waals surface area contributed by atoms with Crippen LogP contribution < -0.4 is 5.32 Å². The molecule has 0 saturated carbocycles. The molecule has 0 aliphatic carbocycles.